The second-order valence-corrected chi connectivity index (χ2v) is 5.22. The minimum Gasteiger partial charge on any atom is -0.467 e. The van der Waals surface area contributed by atoms with Crippen LogP contribution in [-0.2, 0) is 14.3 Å². The minimum atomic E-state index is -0.879. The highest BCUT2D eigenvalue weighted by Gasteiger charge is 2.23. The van der Waals surface area contributed by atoms with Gasteiger partial charge in [-0.05, 0) is 5.56 Å². The highest BCUT2D eigenvalue weighted by Crippen LogP contribution is 2.15. The van der Waals surface area contributed by atoms with E-state index in [0.717, 1.165) is 0 Å². The molecule has 124 valence electrons. The molecule has 0 fully saturated rings. The summed E-state index contributed by atoms with van der Waals surface area (Å²) < 4.78 is 4.74. The molecule has 1 atom stereocenters. The van der Waals surface area contributed by atoms with Gasteiger partial charge in [0.25, 0.3) is 0 Å². The summed E-state index contributed by atoms with van der Waals surface area (Å²) in [7, 11) is 1.27. The van der Waals surface area contributed by atoms with Crippen LogP contribution < -0.4 is 5.32 Å². The molecule has 0 saturated heterocycles. The van der Waals surface area contributed by atoms with Gasteiger partial charge in [-0.15, -0.1) is 0 Å². The second kappa shape index (κ2) is 8.62. The van der Waals surface area contributed by atoms with Gasteiger partial charge in [0.05, 0.1) is 7.11 Å². The Kier molecular flexibility index (Phi) is 6.25. The van der Waals surface area contributed by atoms with Gasteiger partial charge in [-0.3, -0.25) is 9.59 Å². The number of amides is 1. The predicted octanol–water partition coefficient (Wildman–Crippen LogP) is 2.68. The molecule has 5 heteroatoms. The summed E-state index contributed by atoms with van der Waals surface area (Å²) in [6, 6.07) is 16.7. The Labute approximate surface area is 140 Å². The summed E-state index contributed by atoms with van der Waals surface area (Å²) in [5.74, 6) is -1.04. The van der Waals surface area contributed by atoms with Crippen molar-refractivity contribution in [2.45, 2.75) is 18.9 Å². The third-order valence-electron chi connectivity index (χ3n) is 3.55. The van der Waals surface area contributed by atoms with Gasteiger partial charge in [-0.1, -0.05) is 60.7 Å². The van der Waals surface area contributed by atoms with E-state index in [-0.39, 0.29) is 24.5 Å². The van der Waals surface area contributed by atoms with Crippen LogP contribution in [0.15, 0.2) is 60.7 Å². The Morgan fingerprint density at radius 2 is 1.50 bits per heavy atom. The van der Waals surface area contributed by atoms with E-state index < -0.39 is 12.0 Å². The molecule has 0 aromatic heterocycles. The van der Waals surface area contributed by atoms with Crippen LogP contribution in [0.1, 0.15) is 34.8 Å². The fourth-order valence-electron chi connectivity index (χ4n) is 2.27. The number of methoxy groups -OCH3 is 1. The third-order valence-corrected chi connectivity index (χ3v) is 3.55. The number of carbonyl (C=O) groups excluding carboxylic acids is 3. The van der Waals surface area contributed by atoms with Gasteiger partial charge in [0, 0.05) is 18.4 Å². The number of rotatable bonds is 7. The zero-order valence-electron chi connectivity index (χ0n) is 13.4. The molecule has 2 rings (SSSR count). The summed E-state index contributed by atoms with van der Waals surface area (Å²) in [6.07, 6.45) is 0.0899. The Bertz CT molecular complexity index is 698. The molecule has 1 amide bonds. The van der Waals surface area contributed by atoms with Crippen molar-refractivity contribution < 1.29 is 19.1 Å². The summed E-state index contributed by atoms with van der Waals surface area (Å²) in [5.41, 5.74) is 1.20. The minimum absolute atomic E-state index is 0.00799. The number of nitrogens with one attached hydrogen (secondary N) is 1. The van der Waals surface area contributed by atoms with Crippen LogP contribution in [0.25, 0.3) is 0 Å². The summed E-state index contributed by atoms with van der Waals surface area (Å²) in [6.45, 7) is 0. The van der Waals surface area contributed by atoms with Gasteiger partial charge in [0.2, 0.25) is 5.91 Å². The Balaban J connectivity index is 1.96. The van der Waals surface area contributed by atoms with Crippen molar-refractivity contribution in [1.29, 1.82) is 0 Å². The first-order valence-electron chi connectivity index (χ1n) is 7.62. The van der Waals surface area contributed by atoms with Crippen molar-refractivity contribution in [3.8, 4) is 0 Å². The molecular formula is C19H19NO4. The molecule has 0 aliphatic heterocycles. The highest BCUT2D eigenvalue weighted by atomic mass is 16.5. The normalized spacial score (nSPS) is 11.4. The number of esters is 1. The summed E-state index contributed by atoms with van der Waals surface area (Å²) >= 11 is 0. The Hall–Kier alpha value is -2.95. The average molecular weight is 325 g/mol. The molecule has 24 heavy (non-hydrogen) atoms. The van der Waals surface area contributed by atoms with Gasteiger partial charge in [-0.25, -0.2) is 4.79 Å². The van der Waals surface area contributed by atoms with E-state index in [0.29, 0.717) is 11.1 Å². The van der Waals surface area contributed by atoms with E-state index >= 15 is 0 Å². The molecule has 1 N–H and O–H groups in total. The Morgan fingerprint density at radius 1 is 0.917 bits per heavy atom. The lowest BCUT2D eigenvalue weighted by atomic mass is 10.0. The largest absolute Gasteiger partial charge is 0.467 e. The number of hydrogen-bond acceptors (Lipinski definition) is 4. The standard InChI is InChI=1S/C19H19NO4/c1-24-19(23)18(15-10-6-3-7-11-15)20-17(22)13-12-16(21)14-8-4-2-5-9-14/h2-11,18H,12-13H2,1H3,(H,20,22)/t18-/m1/s1. The van der Waals surface area contributed by atoms with E-state index in [9.17, 15) is 14.4 Å². The Morgan fingerprint density at radius 3 is 2.08 bits per heavy atom. The lowest BCUT2D eigenvalue weighted by Crippen LogP contribution is -2.34. The predicted molar refractivity (Wildman–Crippen MR) is 89.3 cm³/mol. The van der Waals surface area contributed by atoms with Crippen LogP contribution in [0.4, 0.5) is 0 Å². The lowest BCUT2D eigenvalue weighted by Gasteiger charge is -2.16. The molecule has 5 nitrogen and oxygen atoms in total. The quantitative estimate of drug-likeness (QED) is 0.627. The maximum atomic E-state index is 12.1. The number of hydrogen-bond donors (Lipinski definition) is 1. The van der Waals surface area contributed by atoms with Gasteiger partial charge < -0.3 is 10.1 Å². The first-order chi connectivity index (χ1) is 11.6. The van der Waals surface area contributed by atoms with Crippen LogP contribution in [0.2, 0.25) is 0 Å². The topological polar surface area (TPSA) is 72.5 Å². The number of ketones is 1. The molecule has 0 unspecified atom stereocenters. The fraction of sp³-hybridized carbons (Fsp3) is 0.211. The molecule has 2 aromatic carbocycles. The molecular weight excluding hydrogens is 306 g/mol. The van der Waals surface area contributed by atoms with Gasteiger partial charge in [0.15, 0.2) is 11.8 Å². The summed E-state index contributed by atoms with van der Waals surface area (Å²) in [5, 5.41) is 2.63. The number of ether oxygens (including phenoxy) is 1. The molecule has 0 heterocycles. The first-order valence-corrected chi connectivity index (χ1v) is 7.62. The SMILES string of the molecule is COC(=O)[C@H](NC(=O)CCC(=O)c1ccccc1)c1ccccc1. The maximum Gasteiger partial charge on any atom is 0.333 e. The zero-order valence-corrected chi connectivity index (χ0v) is 13.4. The van der Waals surface area contributed by atoms with E-state index in [1.165, 1.54) is 7.11 Å². The van der Waals surface area contributed by atoms with Crippen molar-refractivity contribution in [2.24, 2.45) is 0 Å². The second-order valence-electron chi connectivity index (χ2n) is 5.22. The number of Topliss-reactive ketones (excluding diaryl/α,β-unsaturated/α-hetero) is 1. The van der Waals surface area contributed by atoms with Crippen molar-refractivity contribution in [2.75, 3.05) is 7.11 Å². The van der Waals surface area contributed by atoms with Crippen LogP contribution >= 0.6 is 0 Å². The maximum absolute atomic E-state index is 12.1. The number of carbonyl (C=O) groups is 3. The average Bonchev–Trinajstić information content (AvgIpc) is 2.65. The zero-order chi connectivity index (χ0) is 17.4. The van der Waals surface area contributed by atoms with Crippen LogP contribution in [-0.4, -0.2) is 24.8 Å². The van der Waals surface area contributed by atoms with Crippen LogP contribution in [0.3, 0.4) is 0 Å². The monoisotopic (exact) mass is 325 g/mol. The molecule has 0 radical (unpaired) electrons. The van der Waals surface area contributed by atoms with Crippen molar-refractivity contribution >= 4 is 17.7 Å². The van der Waals surface area contributed by atoms with Gasteiger partial charge >= 0.3 is 5.97 Å². The smallest absolute Gasteiger partial charge is 0.333 e. The van der Waals surface area contributed by atoms with Crippen molar-refractivity contribution in [3.05, 3.63) is 71.8 Å². The van der Waals surface area contributed by atoms with E-state index in [1.54, 1.807) is 48.5 Å². The van der Waals surface area contributed by atoms with Gasteiger partial charge in [0.1, 0.15) is 0 Å². The molecule has 0 bridgehead atoms. The lowest BCUT2D eigenvalue weighted by molar-refractivity contribution is -0.145. The van der Waals surface area contributed by atoms with E-state index in [1.807, 2.05) is 12.1 Å². The summed E-state index contributed by atoms with van der Waals surface area (Å²) in [4.78, 5) is 36.0. The fourth-order valence-corrected chi connectivity index (χ4v) is 2.27. The molecule has 0 aliphatic rings. The molecule has 0 spiro atoms. The molecule has 2 aromatic rings. The van der Waals surface area contributed by atoms with Gasteiger partial charge in [-0.2, -0.15) is 0 Å². The number of benzene rings is 2. The van der Waals surface area contributed by atoms with E-state index in [2.05, 4.69) is 5.32 Å². The first kappa shape index (κ1) is 17.4. The van der Waals surface area contributed by atoms with Crippen molar-refractivity contribution in [1.82, 2.24) is 5.32 Å². The van der Waals surface area contributed by atoms with Crippen molar-refractivity contribution in [3.63, 3.8) is 0 Å². The van der Waals surface area contributed by atoms with E-state index in [4.69, 9.17) is 4.74 Å². The van der Waals surface area contributed by atoms with Crippen LogP contribution in [0, 0.1) is 0 Å². The third kappa shape index (κ3) is 4.78. The highest BCUT2D eigenvalue weighted by molar-refractivity contribution is 5.98. The molecule has 0 aliphatic carbocycles. The van der Waals surface area contributed by atoms with Crippen LogP contribution in [0.5, 0.6) is 0 Å². The molecule has 0 saturated carbocycles.